The third kappa shape index (κ3) is 3.05. The number of Topliss-reactive ketones (excluding diaryl/α,β-unsaturated/α-hetero) is 1. The van der Waals surface area contributed by atoms with Gasteiger partial charge in [0.1, 0.15) is 0 Å². The van der Waals surface area contributed by atoms with Gasteiger partial charge in [0.15, 0.2) is 11.5 Å². The highest BCUT2D eigenvalue weighted by Gasteiger charge is 2.15. The topological polar surface area (TPSA) is 64.0 Å². The molecular formula is C14H14ClN3O2. The first-order valence-electron chi connectivity index (χ1n) is 6.16. The van der Waals surface area contributed by atoms with E-state index in [1.807, 2.05) is 6.92 Å². The van der Waals surface area contributed by atoms with Gasteiger partial charge in [-0.15, -0.1) is 0 Å². The maximum Gasteiger partial charge on any atom is 0.277 e. The van der Waals surface area contributed by atoms with Gasteiger partial charge in [0.05, 0.1) is 5.02 Å². The van der Waals surface area contributed by atoms with Crippen LogP contribution in [-0.4, -0.2) is 21.5 Å². The Kier molecular flexibility index (Phi) is 4.20. The van der Waals surface area contributed by atoms with Crippen molar-refractivity contribution in [3.63, 3.8) is 0 Å². The Morgan fingerprint density at radius 2 is 1.95 bits per heavy atom. The molecule has 2 rings (SSSR count). The molecule has 2 aromatic rings. The van der Waals surface area contributed by atoms with Gasteiger partial charge in [-0.05, 0) is 38.1 Å². The molecule has 0 unspecified atom stereocenters. The molecule has 104 valence electrons. The Bertz CT molecular complexity index is 647. The molecule has 0 aliphatic heterocycles. The Balaban J connectivity index is 2.14. The van der Waals surface area contributed by atoms with Crippen LogP contribution in [0.3, 0.4) is 0 Å². The van der Waals surface area contributed by atoms with E-state index >= 15 is 0 Å². The summed E-state index contributed by atoms with van der Waals surface area (Å²) in [4.78, 5) is 23.2. The second kappa shape index (κ2) is 5.88. The molecule has 6 heteroatoms. The summed E-state index contributed by atoms with van der Waals surface area (Å²) >= 11 is 5.96. The lowest BCUT2D eigenvalue weighted by atomic mass is 10.1. The normalized spacial score (nSPS) is 10.3. The van der Waals surface area contributed by atoms with Crippen LogP contribution in [0.1, 0.15) is 34.7 Å². The van der Waals surface area contributed by atoms with Crippen molar-refractivity contribution in [3.05, 3.63) is 46.7 Å². The zero-order chi connectivity index (χ0) is 14.7. The SMILES string of the molecule is CCn1cc(Cl)c(C(=O)Nc2ccc(C(C)=O)cc2)n1. The molecule has 0 radical (unpaired) electrons. The molecule has 1 amide bonds. The number of amides is 1. The number of ketones is 1. The second-order valence-corrected chi connectivity index (χ2v) is 4.68. The number of aryl methyl sites for hydroxylation is 1. The van der Waals surface area contributed by atoms with Crippen LogP contribution in [-0.2, 0) is 6.54 Å². The lowest BCUT2D eigenvalue weighted by Crippen LogP contribution is -2.13. The van der Waals surface area contributed by atoms with E-state index < -0.39 is 0 Å². The van der Waals surface area contributed by atoms with Crippen LogP contribution in [0.2, 0.25) is 5.02 Å². The van der Waals surface area contributed by atoms with Crippen molar-refractivity contribution in [1.29, 1.82) is 0 Å². The van der Waals surface area contributed by atoms with E-state index in [0.29, 0.717) is 22.8 Å². The first-order valence-corrected chi connectivity index (χ1v) is 6.54. The van der Waals surface area contributed by atoms with Crippen molar-refractivity contribution in [2.75, 3.05) is 5.32 Å². The molecule has 1 aromatic heterocycles. The number of hydrogen-bond acceptors (Lipinski definition) is 3. The lowest BCUT2D eigenvalue weighted by molar-refractivity contribution is 0.101. The van der Waals surface area contributed by atoms with Crippen molar-refractivity contribution in [3.8, 4) is 0 Å². The van der Waals surface area contributed by atoms with E-state index in [1.54, 1.807) is 35.1 Å². The molecule has 1 N–H and O–H groups in total. The number of aromatic nitrogens is 2. The van der Waals surface area contributed by atoms with E-state index in [4.69, 9.17) is 11.6 Å². The van der Waals surface area contributed by atoms with Crippen LogP contribution in [0.4, 0.5) is 5.69 Å². The second-order valence-electron chi connectivity index (χ2n) is 4.27. The highest BCUT2D eigenvalue weighted by Crippen LogP contribution is 2.17. The molecule has 0 atom stereocenters. The molecule has 0 aliphatic carbocycles. The zero-order valence-corrected chi connectivity index (χ0v) is 11.9. The number of carbonyl (C=O) groups is 2. The number of benzene rings is 1. The summed E-state index contributed by atoms with van der Waals surface area (Å²) in [6, 6.07) is 6.65. The van der Waals surface area contributed by atoms with Crippen molar-refractivity contribution in [2.24, 2.45) is 0 Å². The van der Waals surface area contributed by atoms with Gasteiger partial charge < -0.3 is 5.32 Å². The van der Waals surface area contributed by atoms with Crippen molar-refractivity contribution >= 4 is 29.0 Å². The summed E-state index contributed by atoms with van der Waals surface area (Å²) in [6.45, 7) is 4.04. The van der Waals surface area contributed by atoms with Gasteiger partial charge in [-0.2, -0.15) is 5.10 Å². The molecule has 0 saturated carbocycles. The molecule has 1 heterocycles. The Morgan fingerprint density at radius 1 is 1.30 bits per heavy atom. The summed E-state index contributed by atoms with van der Waals surface area (Å²) in [6.07, 6.45) is 1.61. The molecule has 0 bridgehead atoms. The van der Waals surface area contributed by atoms with Gasteiger partial charge in [0, 0.05) is 24.0 Å². The predicted molar refractivity (Wildman–Crippen MR) is 77.3 cm³/mol. The molecule has 5 nitrogen and oxygen atoms in total. The standard InChI is InChI=1S/C14H14ClN3O2/c1-3-18-8-12(15)13(17-18)14(20)16-11-6-4-10(5-7-11)9(2)19/h4-8H,3H2,1-2H3,(H,16,20). The van der Waals surface area contributed by atoms with Gasteiger partial charge in [-0.1, -0.05) is 11.6 Å². The number of halogens is 1. The average molecular weight is 292 g/mol. The van der Waals surface area contributed by atoms with Crippen molar-refractivity contribution in [1.82, 2.24) is 9.78 Å². The molecule has 0 aliphatic rings. The molecular weight excluding hydrogens is 278 g/mol. The van der Waals surface area contributed by atoms with E-state index in [0.717, 1.165) is 0 Å². The van der Waals surface area contributed by atoms with E-state index in [2.05, 4.69) is 10.4 Å². The minimum Gasteiger partial charge on any atom is -0.321 e. The number of rotatable bonds is 4. The van der Waals surface area contributed by atoms with Gasteiger partial charge in [-0.25, -0.2) is 0 Å². The highest BCUT2D eigenvalue weighted by atomic mass is 35.5. The first kappa shape index (κ1) is 14.3. The van der Waals surface area contributed by atoms with Crippen molar-refractivity contribution in [2.45, 2.75) is 20.4 Å². The van der Waals surface area contributed by atoms with Gasteiger partial charge in [0.25, 0.3) is 5.91 Å². The maximum atomic E-state index is 12.0. The smallest absolute Gasteiger partial charge is 0.277 e. The molecule has 0 spiro atoms. The van der Waals surface area contributed by atoms with E-state index in [9.17, 15) is 9.59 Å². The van der Waals surface area contributed by atoms with Crippen LogP contribution in [0.15, 0.2) is 30.5 Å². The summed E-state index contributed by atoms with van der Waals surface area (Å²) in [7, 11) is 0. The number of carbonyl (C=O) groups excluding carboxylic acids is 2. The molecule has 20 heavy (non-hydrogen) atoms. The minimum absolute atomic E-state index is 0.0207. The molecule has 1 aromatic carbocycles. The van der Waals surface area contributed by atoms with Crippen LogP contribution < -0.4 is 5.32 Å². The largest absolute Gasteiger partial charge is 0.321 e. The summed E-state index contributed by atoms with van der Waals surface area (Å²) in [5, 5.41) is 7.09. The number of anilines is 1. The minimum atomic E-state index is -0.377. The quantitative estimate of drug-likeness (QED) is 0.881. The predicted octanol–water partition coefficient (Wildman–Crippen LogP) is 3.01. The zero-order valence-electron chi connectivity index (χ0n) is 11.2. The summed E-state index contributed by atoms with van der Waals surface area (Å²) in [5.74, 6) is -0.398. The maximum absolute atomic E-state index is 12.0. The fourth-order valence-electron chi connectivity index (χ4n) is 1.69. The fourth-order valence-corrected chi connectivity index (χ4v) is 1.93. The van der Waals surface area contributed by atoms with Crippen LogP contribution in [0, 0.1) is 0 Å². The molecule has 0 fully saturated rings. The van der Waals surface area contributed by atoms with E-state index in [1.165, 1.54) is 6.92 Å². The van der Waals surface area contributed by atoms with Crippen LogP contribution in [0.25, 0.3) is 0 Å². The Hall–Kier alpha value is -2.14. The first-order chi connectivity index (χ1) is 9.51. The molecule has 0 saturated heterocycles. The van der Waals surface area contributed by atoms with Crippen LogP contribution in [0.5, 0.6) is 0 Å². The monoisotopic (exact) mass is 291 g/mol. The highest BCUT2D eigenvalue weighted by molar-refractivity contribution is 6.34. The van der Waals surface area contributed by atoms with Crippen molar-refractivity contribution < 1.29 is 9.59 Å². The lowest BCUT2D eigenvalue weighted by Gasteiger charge is -2.04. The van der Waals surface area contributed by atoms with Gasteiger partial charge >= 0.3 is 0 Å². The number of nitrogens with one attached hydrogen (secondary N) is 1. The summed E-state index contributed by atoms with van der Waals surface area (Å²) < 4.78 is 1.59. The average Bonchev–Trinajstić information content (AvgIpc) is 2.80. The Morgan fingerprint density at radius 3 is 2.45 bits per heavy atom. The van der Waals surface area contributed by atoms with Crippen LogP contribution >= 0.6 is 11.6 Å². The third-order valence-corrected chi connectivity index (χ3v) is 3.08. The van der Waals surface area contributed by atoms with Gasteiger partial charge in [0.2, 0.25) is 0 Å². The van der Waals surface area contributed by atoms with Gasteiger partial charge in [-0.3, -0.25) is 14.3 Å². The summed E-state index contributed by atoms with van der Waals surface area (Å²) in [5.41, 5.74) is 1.36. The van der Waals surface area contributed by atoms with E-state index in [-0.39, 0.29) is 17.4 Å². The Labute approximate surface area is 121 Å². The fraction of sp³-hybridized carbons (Fsp3) is 0.214. The third-order valence-electron chi connectivity index (χ3n) is 2.81. The number of hydrogen-bond donors (Lipinski definition) is 1. The number of nitrogens with zero attached hydrogens (tertiary/aromatic N) is 2.